The second-order valence-corrected chi connectivity index (χ2v) is 4.01. The average Bonchev–Trinajstić information content (AvgIpc) is 2.08. The Bertz CT molecular complexity index is 348. The van der Waals surface area contributed by atoms with Crippen molar-refractivity contribution in [3.05, 3.63) is 12.3 Å². The van der Waals surface area contributed by atoms with Crippen LogP contribution in [0.15, 0.2) is 16.7 Å². The van der Waals surface area contributed by atoms with Gasteiger partial charge >= 0.3 is 10.2 Å². The average molecular weight is 221 g/mol. The van der Waals surface area contributed by atoms with Gasteiger partial charge in [-0.25, -0.2) is 4.31 Å². The molecular formula is C6H11N3O4S. The van der Waals surface area contributed by atoms with Crippen molar-refractivity contribution in [3.63, 3.8) is 0 Å². The van der Waals surface area contributed by atoms with Crippen molar-refractivity contribution >= 4 is 16.0 Å². The molecule has 0 amide bonds. The van der Waals surface area contributed by atoms with Gasteiger partial charge in [-0.05, 0) is 6.08 Å². The summed E-state index contributed by atoms with van der Waals surface area (Å²) in [6.45, 7) is -0.280. The largest absolute Gasteiger partial charge is 0.394 e. The van der Waals surface area contributed by atoms with E-state index in [-0.39, 0.29) is 25.8 Å². The second-order valence-electron chi connectivity index (χ2n) is 2.46. The van der Waals surface area contributed by atoms with Crippen LogP contribution in [0.1, 0.15) is 0 Å². The molecule has 0 saturated carbocycles. The number of hydrogen-bond acceptors (Lipinski definition) is 5. The maximum Gasteiger partial charge on any atom is 0.348 e. The zero-order chi connectivity index (χ0) is 10.6. The van der Waals surface area contributed by atoms with E-state index in [1.165, 1.54) is 12.3 Å². The Morgan fingerprint density at radius 2 is 2.36 bits per heavy atom. The van der Waals surface area contributed by atoms with Crippen LogP contribution < -0.4 is 5.73 Å². The molecule has 1 heterocycles. The lowest BCUT2D eigenvalue weighted by atomic mass is 10.6. The van der Waals surface area contributed by atoms with E-state index in [1.807, 2.05) is 0 Å². The van der Waals surface area contributed by atoms with Gasteiger partial charge < -0.3 is 15.6 Å². The first kappa shape index (κ1) is 11.0. The number of aliphatic hydroxyl groups is 1. The summed E-state index contributed by atoms with van der Waals surface area (Å²) >= 11 is 0. The Morgan fingerprint density at radius 1 is 1.64 bits per heavy atom. The summed E-state index contributed by atoms with van der Waals surface area (Å²) in [4.78, 5) is 0. The van der Waals surface area contributed by atoms with Crippen LogP contribution in [0.4, 0.5) is 0 Å². The van der Waals surface area contributed by atoms with Crippen molar-refractivity contribution in [2.75, 3.05) is 19.9 Å². The number of hydrogen-bond donors (Lipinski definition) is 2. The highest BCUT2D eigenvalue weighted by molar-refractivity contribution is 7.88. The SMILES string of the molecule is NC1=NS(=O)(=O)N(COCCO)C=C1. The molecule has 0 aromatic carbocycles. The Balaban J connectivity index is 2.60. The Kier molecular flexibility index (Phi) is 3.44. The summed E-state index contributed by atoms with van der Waals surface area (Å²) < 4.78 is 31.5. The topological polar surface area (TPSA) is 105 Å². The van der Waals surface area contributed by atoms with Crippen LogP contribution in [0.3, 0.4) is 0 Å². The van der Waals surface area contributed by atoms with Crippen LogP contribution >= 0.6 is 0 Å². The quantitative estimate of drug-likeness (QED) is 0.555. The molecule has 0 unspecified atom stereocenters. The third-order valence-corrected chi connectivity index (χ3v) is 2.64. The minimum Gasteiger partial charge on any atom is -0.394 e. The standard InChI is InChI=1S/C6H11N3O4S/c7-6-1-2-9(5-13-4-3-10)14(11,12)8-6/h1-2,10H,3-5H2,(H2,7,8). The van der Waals surface area contributed by atoms with E-state index in [1.54, 1.807) is 0 Å². The maximum absolute atomic E-state index is 11.3. The molecule has 0 radical (unpaired) electrons. The predicted octanol–water partition coefficient (Wildman–Crippen LogP) is -1.62. The minimum atomic E-state index is -3.75. The van der Waals surface area contributed by atoms with Crippen molar-refractivity contribution in [1.82, 2.24) is 4.31 Å². The first-order valence-electron chi connectivity index (χ1n) is 3.80. The number of rotatable bonds is 4. The van der Waals surface area contributed by atoms with Crippen LogP contribution in [-0.2, 0) is 14.9 Å². The molecule has 0 aromatic rings. The van der Waals surface area contributed by atoms with E-state index >= 15 is 0 Å². The first-order valence-corrected chi connectivity index (χ1v) is 5.20. The zero-order valence-corrected chi connectivity index (χ0v) is 8.14. The molecule has 0 saturated heterocycles. The molecule has 8 heteroatoms. The van der Waals surface area contributed by atoms with Gasteiger partial charge in [-0.1, -0.05) is 0 Å². The third-order valence-electron chi connectivity index (χ3n) is 1.38. The lowest BCUT2D eigenvalue weighted by Gasteiger charge is -2.19. The zero-order valence-electron chi connectivity index (χ0n) is 7.33. The fourth-order valence-electron chi connectivity index (χ4n) is 0.781. The molecule has 0 aliphatic carbocycles. The lowest BCUT2D eigenvalue weighted by molar-refractivity contribution is 0.0588. The van der Waals surface area contributed by atoms with Crippen molar-refractivity contribution in [1.29, 1.82) is 0 Å². The number of nitrogens with two attached hydrogens (primary N) is 1. The van der Waals surface area contributed by atoms with Gasteiger partial charge in [-0.15, -0.1) is 4.40 Å². The van der Waals surface area contributed by atoms with Crippen molar-refractivity contribution in [2.45, 2.75) is 0 Å². The molecule has 0 spiro atoms. The maximum atomic E-state index is 11.3. The van der Waals surface area contributed by atoms with Gasteiger partial charge in [0, 0.05) is 6.20 Å². The number of nitrogens with zero attached hydrogens (tertiary/aromatic N) is 2. The van der Waals surface area contributed by atoms with Gasteiger partial charge in [-0.2, -0.15) is 8.42 Å². The Morgan fingerprint density at radius 3 is 2.93 bits per heavy atom. The highest BCUT2D eigenvalue weighted by Crippen LogP contribution is 2.08. The summed E-state index contributed by atoms with van der Waals surface area (Å²) in [5.41, 5.74) is 5.20. The van der Waals surface area contributed by atoms with Crippen molar-refractivity contribution < 1.29 is 18.3 Å². The highest BCUT2D eigenvalue weighted by Gasteiger charge is 2.20. The van der Waals surface area contributed by atoms with Gasteiger partial charge in [0.1, 0.15) is 12.6 Å². The molecule has 0 atom stereocenters. The number of amidine groups is 1. The Labute approximate surface area is 81.7 Å². The number of ether oxygens (including phenoxy) is 1. The van der Waals surface area contributed by atoms with Crippen molar-refractivity contribution in [3.8, 4) is 0 Å². The van der Waals surface area contributed by atoms with Crippen LogP contribution in [0, 0.1) is 0 Å². The molecule has 1 rings (SSSR count). The van der Waals surface area contributed by atoms with Crippen LogP contribution in [-0.4, -0.2) is 43.6 Å². The van der Waals surface area contributed by atoms with Gasteiger partial charge in [0.2, 0.25) is 0 Å². The smallest absolute Gasteiger partial charge is 0.348 e. The molecule has 0 bridgehead atoms. The predicted molar refractivity (Wildman–Crippen MR) is 49.4 cm³/mol. The highest BCUT2D eigenvalue weighted by atomic mass is 32.2. The van der Waals surface area contributed by atoms with Crippen LogP contribution in [0.5, 0.6) is 0 Å². The molecule has 1 aliphatic rings. The summed E-state index contributed by atoms with van der Waals surface area (Å²) in [5, 5.41) is 8.41. The summed E-state index contributed by atoms with van der Waals surface area (Å²) in [6.07, 6.45) is 2.61. The van der Waals surface area contributed by atoms with E-state index in [0.29, 0.717) is 0 Å². The molecule has 7 nitrogen and oxygen atoms in total. The molecule has 0 aromatic heterocycles. The van der Waals surface area contributed by atoms with Crippen LogP contribution in [0.25, 0.3) is 0 Å². The van der Waals surface area contributed by atoms with Crippen molar-refractivity contribution in [2.24, 2.45) is 10.1 Å². The molecule has 80 valence electrons. The van der Waals surface area contributed by atoms with Gasteiger partial charge in [0.05, 0.1) is 13.2 Å². The molecule has 14 heavy (non-hydrogen) atoms. The van der Waals surface area contributed by atoms with Gasteiger partial charge in [-0.3, -0.25) is 0 Å². The summed E-state index contributed by atoms with van der Waals surface area (Å²) in [5.74, 6) is -0.0663. The van der Waals surface area contributed by atoms with Gasteiger partial charge in [0.25, 0.3) is 0 Å². The molecule has 3 N–H and O–H groups in total. The van der Waals surface area contributed by atoms with E-state index in [9.17, 15) is 8.42 Å². The monoisotopic (exact) mass is 221 g/mol. The van der Waals surface area contributed by atoms with Crippen LogP contribution in [0.2, 0.25) is 0 Å². The second kappa shape index (κ2) is 4.40. The molecule has 0 fully saturated rings. The lowest BCUT2D eigenvalue weighted by Crippen LogP contribution is -2.32. The molecule has 1 aliphatic heterocycles. The normalized spacial score (nSPS) is 19.5. The summed E-state index contributed by atoms with van der Waals surface area (Å²) in [7, 11) is -3.75. The number of aliphatic hydroxyl groups excluding tert-OH is 1. The Hall–Kier alpha value is -1.12. The summed E-state index contributed by atoms with van der Waals surface area (Å²) in [6, 6.07) is 0. The third kappa shape index (κ3) is 2.69. The molecular weight excluding hydrogens is 210 g/mol. The van der Waals surface area contributed by atoms with E-state index in [0.717, 1.165) is 4.31 Å². The fraction of sp³-hybridized carbons (Fsp3) is 0.500. The minimum absolute atomic E-state index is 0.0663. The first-order chi connectivity index (χ1) is 6.56. The van der Waals surface area contributed by atoms with Gasteiger partial charge in [0.15, 0.2) is 0 Å². The van der Waals surface area contributed by atoms with E-state index in [2.05, 4.69) is 4.40 Å². The van der Waals surface area contributed by atoms with E-state index in [4.69, 9.17) is 15.6 Å². The fourth-order valence-corrected chi connectivity index (χ4v) is 1.64. The van der Waals surface area contributed by atoms with E-state index < -0.39 is 10.2 Å².